The van der Waals surface area contributed by atoms with Crippen LogP contribution in [-0.2, 0) is 0 Å². The molecule has 0 saturated heterocycles. The fourth-order valence-electron chi connectivity index (χ4n) is 1.07. The molecule has 0 aliphatic carbocycles. The second-order valence-corrected chi connectivity index (χ2v) is 3.02. The largest absolute Gasteiger partial charge is 0.514 e. The van der Waals surface area contributed by atoms with Crippen molar-refractivity contribution < 1.29 is 5.11 Å². The molecule has 0 aromatic heterocycles. The smallest absolute Gasteiger partial charge is 0.101 e. The highest BCUT2D eigenvalue weighted by Crippen LogP contribution is 2.01. The fourth-order valence-corrected chi connectivity index (χ4v) is 1.07. The molecule has 15 heavy (non-hydrogen) atoms. The number of hydrogen-bond acceptors (Lipinski definition) is 2. The Kier molecular flexibility index (Phi) is 4.95. The van der Waals surface area contributed by atoms with Crippen LogP contribution in [-0.4, -0.2) is 11.3 Å². The summed E-state index contributed by atoms with van der Waals surface area (Å²) in [6.07, 6.45) is 7.26. The Hall–Kier alpha value is -1.83. The highest BCUT2D eigenvalue weighted by atomic mass is 16.2. The first-order valence-corrected chi connectivity index (χ1v) is 4.96. The molecule has 1 aromatic rings. The molecule has 1 rings (SSSR count). The topological polar surface area (TPSA) is 32.6 Å². The molecule has 1 aromatic carbocycles. The first kappa shape index (κ1) is 11.2. The summed E-state index contributed by atoms with van der Waals surface area (Å²) in [4.78, 5) is 4.08. The molecule has 2 heteroatoms. The average Bonchev–Trinajstić information content (AvgIpc) is 2.31. The number of aliphatic hydroxyl groups excluding tert-OH is 1. The van der Waals surface area contributed by atoms with E-state index in [9.17, 15) is 0 Å². The lowest BCUT2D eigenvalue weighted by Gasteiger charge is -1.91. The lowest BCUT2D eigenvalue weighted by molar-refractivity contribution is 0.464. The van der Waals surface area contributed by atoms with Crippen LogP contribution >= 0.6 is 0 Å². The third-order valence-corrected chi connectivity index (χ3v) is 1.93. The van der Waals surface area contributed by atoms with Crippen LogP contribution in [0.5, 0.6) is 0 Å². The Morgan fingerprint density at radius 2 is 2.07 bits per heavy atom. The molecule has 0 bridgehead atoms. The molecule has 0 unspecified atom stereocenters. The van der Waals surface area contributed by atoms with Crippen molar-refractivity contribution in [1.29, 1.82) is 0 Å². The molecule has 0 saturated carbocycles. The molecular formula is C13H15NO. The normalized spacial score (nSPS) is 12.7. The Bertz CT molecular complexity index is 363. The molecule has 0 aliphatic heterocycles. The van der Waals surface area contributed by atoms with Gasteiger partial charge in [0.15, 0.2) is 0 Å². The van der Waals surface area contributed by atoms with Gasteiger partial charge in [-0.2, -0.15) is 0 Å². The summed E-state index contributed by atoms with van der Waals surface area (Å²) in [5, 5.41) is 8.74. The first-order valence-electron chi connectivity index (χ1n) is 4.96. The molecule has 0 fully saturated rings. The van der Waals surface area contributed by atoms with Crippen LogP contribution in [0.3, 0.4) is 0 Å². The molecule has 0 heterocycles. The van der Waals surface area contributed by atoms with Gasteiger partial charge in [-0.1, -0.05) is 43.3 Å². The third-order valence-electron chi connectivity index (χ3n) is 1.93. The lowest BCUT2D eigenvalue weighted by Crippen LogP contribution is -1.76. The van der Waals surface area contributed by atoms with Gasteiger partial charge < -0.3 is 5.11 Å². The Balaban J connectivity index is 2.54. The summed E-state index contributed by atoms with van der Waals surface area (Å²) in [6, 6.07) is 10.00. The van der Waals surface area contributed by atoms with Gasteiger partial charge in [-0.15, -0.1) is 0 Å². The number of hydrogen-bond donors (Lipinski definition) is 1. The number of nitrogens with zero attached hydrogens (tertiary/aromatic N) is 1. The predicted molar refractivity (Wildman–Crippen MR) is 65.0 cm³/mol. The van der Waals surface area contributed by atoms with E-state index in [1.54, 1.807) is 6.21 Å². The molecule has 2 nitrogen and oxygen atoms in total. The minimum Gasteiger partial charge on any atom is -0.514 e. The van der Waals surface area contributed by atoms with E-state index >= 15 is 0 Å². The van der Waals surface area contributed by atoms with Crippen LogP contribution in [0.2, 0.25) is 0 Å². The zero-order valence-electron chi connectivity index (χ0n) is 8.80. The van der Waals surface area contributed by atoms with E-state index in [1.807, 2.05) is 49.4 Å². The number of rotatable bonds is 4. The molecule has 0 radical (unpaired) electrons. The summed E-state index contributed by atoms with van der Waals surface area (Å²) < 4.78 is 0. The summed E-state index contributed by atoms with van der Waals surface area (Å²) >= 11 is 0. The average molecular weight is 201 g/mol. The maximum Gasteiger partial charge on any atom is 0.101 e. The van der Waals surface area contributed by atoms with E-state index < -0.39 is 0 Å². The monoisotopic (exact) mass is 201 g/mol. The molecule has 0 aliphatic rings. The highest BCUT2D eigenvalue weighted by Gasteiger charge is 1.85. The molecule has 0 spiro atoms. The van der Waals surface area contributed by atoms with Gasteiger partial charge in [0.05, 0.1) is 5.70 Å². The zero-order valence-corrected chi connectivity index (χ0v) is 8.80. The number of aliphatic imine (C=N–C) groups is 1. The van der Waals surface area contributed by atoms with Crippen molar-refractivity contribution in [2.45, 2.75) is 13.3 Å². The molecule has 0 atom stereocenters. The van der Waals surface area contributed by atoms with Crippen LogP contribution in [0.1, 0.15) is 18.9 Å². The van der Waals surface area contributed by atoms with Crippen LogP contribution in [0.25, 0.3) is 6.08 Å². The SMILES string of the molecule is CCC(=C/O)/N=C/C=C/c1ccccc1. The molecule has 78 valence electrons. The van der Waals surface area contributed by atoms with Crippen molar-refractivity contribution in [3.05, 3.63) is 53.9 Å². The van der Waals surface area contributed by atoms with Gasteiger partial charge in [0.25, 0.3) is 0 Å². The molecule has 1 N–H and O–H groups in total. The van der Waals surface area contributed by atoms with Crippen molar-refractivity contribution in [3.63, 3.8) is 0 Å². The fraction of sp³-hybridized carbons (Fsp3) is 0.154. The summed E-state index contributed by atoms with van der Waals surface area (Å²) in [5.41, 5.74) is 1.81. The second kappa shape index (κ2) is 6.60. The van der Waals surface area contributed by atoms with Crippen molar-refractivity contribution in [2.75, 3.05) is 0 Å². The maximum atomic E-state index is 8.74. The third kappa shape index (κ3) is 4.27. The van der Waals surface area contributed by atoms with E-state index in [1.165, 1.54) is 0 Å². The lowest BCUT2D eigenvalue weighted by atomic mass is 10.2. The van der Waals surface area contributed by atoms with Crippen molar-refractivity contribution in [2.24, 2.45) is 4.99 Å². The quantitative estimate of drug-likeness (QED) is 0.586. The van der Waals surface area contributed by atoms with Gasteiger partial charge in [-0.3, -0.25) is 4.99 Å². The first-order chi connectivity index (χ1) is 7.36. The maximum absolute atomic E-state index is 8.74. The van der Waals surface area contributed by atoms with Crippen molar-refractivity contribution in [1.82, 2.24) is 0 Å². The van der Waals surface area contributed by atoms with Crippen LogP contribution in [0, 0.1) is 0 Å². The van der Waals surface area contributed by atoms with E-state index in [2.05, 4.69) is 4.99 Å². The number of allylic oxidation sites excluding steroid dienone is 2. The Labute approximate surface area is 90.3 Å². The summed E-state index contributed by atoms with van der Waals surface area (Å²) in [7, 11) is 0. The van der Waals surface area contributed by atoms with E-state index in [0.29, 0.717) is 5.70 Å². The van der Waals surface area contributed by atoms with Crippen LogP contribution in [0.4, 0.5) is 0 Å². The minimum absolute atomic E-state index is 0.674. The van der Waals surface area contributed by atoms with Gasteiger partial charge in [-0.25, -0.2) is 0 Å². The van der Waals surface area contributed by atoms with Gasteiger partial charge in [0.1, 0.15) is 6.26 Å². The number of benzene rings is 1. The van der Waals surface area contributed by atoms with E-state index in [4.69, 9.17) is 5.11 Å². The Morgan fingerprint density at radius 1 is 1.33 bits per heavy atom. The molecule has 0 amide bonds. The predicted octanol–water partition coefficient (Wildman–Crippen LogP) is 3.58. The van der Waals surface area contributed by atoms with Crippen molar-refractivity contribution in [3.8, 4) is 0 Å². The molecular weight excluding hydrogens is 186 g/mol. The Morgan fingerprint density at radius 3 is 2.67 bits per heavy atom. The van der Waals surface area contributed by atoms with Gasteiger partial charge >= 0.3 is 0 Å². The van der Waals surface area contributed by atoms with Gasteiger partial charge in [-0.05, 0) is 18.1 Å². The summed E-state index contributed by atoms with van der Waals surface area (Å²) in [6.45, 7) is 1.94. The zero-order chi connectivity index (χ0) is 10.9. The van der Waals surface area contributed by atoms with Crippen molar-refractivity contribution >= 4 is 12.3 Å². The van der Waals surface area contributed by atoms with Gasteiger partial charge in [0.2, 0.25) is 0 Å². The van der Waals surface area contributed by atoms with Crippen LogP contribution < -0.4 is 0 Å². The van der Waals surface area contributed by atoms with E-state index in [-0.39, 0.29) is 0 Å². The highest BCUT2D eigenvalue weighted by molar-refractivity contribution is 5.78. The van der Waals surface area contributed by atoms with E-state index in [0.717, 1.165) is 18.2 Å². The number of aliphatic hydroxyl groups is 1. The van der Waals surface area contributed by atoms with Crippen LogP contribution in [0.15, 0.2) is 53.4 Å². The van der Waals surface area contributed by atoms with Gasteiger partial charge in [0, 0.05) is 6.21 Å². The standard InChI is InChI=1S/C13H15NO/c1-2-13(11-15)14-10-6-9-12-7-4-3-5-8-12/h3-11,15H,2H2,1H3/b9-6+,13-11-,14-10+. The summed E-state index contributed by atoms with van der Waals surface area (Å²) in [5.74, 6) is 0. The second-order valence-electron chi connectivity index (χ2n) is 3.02. The minimum atomic E-state index is 0.674.